The van der Waals surface area contributed by atoms with Gasteiger partial charge in [-0.2, -0.15) is 5.10 Å². The summed E-state index contributed by atoms with van der Waals surface area (Å²) in [6.45, 7) is 3.06. The Labute approximate surface area is 96.4 Å². The Bertz CT molecular complexity index is 348. The van der Waals surface area contributed by atoms with E-state index in [1.807, 2.05) is 0 Å². The number of hydrogen-bond acceptors (Lipinski definition) is 3. The molecule has 0 atom stereocenters. The normalized spacial score (nSPS) is 16.1. The van der Waals surface area contributed by atoms with Gasteiger partial charge in [-0.3, -0.25) is 9.48 Å². The molecule has 2 N–H and O–H groups in total. The predicted molar refractivity (Wildman–Crippen MR) is 59.3 cm³/mol. The minimum atomic E-state index is 0.0116. The van der Waals surface area contributed by atoms with Crippen molar-refractivity contribution in [3.63, 3.8) is 0 Å². The molecule has 0 saturated carbocycles. The van der Waals surface area contributed by atoms with Crippen molar-refractivity contribution in [3.8, 4) is 0 Å². The van der Waals surface area contributed by atoms with Gasteiger partial charge >= 0.3 is 0 Å². The summed E-state index contributed by atoms with van der Waals surface area (Å²) in [7, 11) is 0. The molecule has 0 spiro atoms. The number of amides is 1. The number of nitrogens with zero attached hydrogens (tertiary/aromatic N) is 2. The third-order valence-corrected chi connectivity index (χ3v) is 2.77. The van der Waals surface area contributed by atoms with Crippen LogP contribution in [0.3, 0.4) is 0 Å². The zero-order valence-corrected chi connectivity index (χ0v) is 9.83. The van der Waals surface area contributed by atoms with Gasteiger partial charge in [-0.15, -0.1) is 0 Å². The van der Waals surface area contributed by atoms with E-state index in [2.05, 4.69) is 31.7 Å². The summed E-state index contributed by atoms with van der Waals surface area (Å²) < 4.78 is 2.50. The van der Waals surface area contributed by atoms with Gasteiger partial charge in [0, 0.05) is 31.7 Å². The summed E-state index contributed by atoms with van der Waals surface area (Å²) in [5.74, 6) is 0.607. The Morgan fingerprint density at radius 3 is 3.07 bits per heavy atom. The minimum Gasteiger partial charge on any atom is -0.354 e. The van der Waals surface area contributed by atoms with Crippen molar-refractivity contribution in [2.75, 3.05) is 19.6 Å². The Balaban J connectivity index is 1.71. The number of carbonyl (C=O) groups is 1. The number of nitrogens with one attached hydrogen (secondary N) is 2. The van der Waals surface area contributed by atoms with E-state index in [0.29, 0.717) is 5.92 Å². The first-order valence-corrected chi connectivity index (χ1v) is 5.69. The summed E-state index contributed by atoms with van der Waals surface area (Å²) in [6.07, 6.45) is 3.45. The van der Waals surface area contributed by atoms with Gasteiger partial charge in [-0.1, -0.05) is 0 Å². The Morgan fingerprint density at radius 1 is 1.73 bits per heavy atom. The van der Waals surface area contributed by atoms with Crippen LogP contribution in [0.25, 0.3) is 0 Å². The van der Waals surface area contributed by atoms with Gasteiger partial charge in [-0.05, 0) is 15.9 Å². The minimum absolute atomic E-state index is 0.0116. The highest BCUT2D eigenvalue weighted by Gasteiger charge is 2.17. The fourth-order valence-corrected chi connectivity index (χ4v) is 1.71. The van der Waals surface area contributed by atoms with E-state index in [0.717, 1.165) is 24.1 Å². The lowest BCUT2D eigenvalue weighted by atomic mass is 10.0. The molecule has 6 heteroatoms. The first kappa shape index (κ1) is 10.6. The Hall–Kier alpha value is -0.880. The van der Waals surface area contributed by atoms with Gasteiger partial charge in [0.2, 0.25) is 5.91 Å². The number of hydrogen-bond donors (Lipinski definition) is 2. The van der Waals surface area contributed by atoms with Crippen LogP contribution in [0.1, 0.15) is 0 Å². The molecule has 1 aliphatic rings. The molecular weight excluding hydrogens is 260 g/mol. The van der Waals surface area contributed by atoms with Crippen molar-refractivity contribution >= 4 is 21.8 Å². The van der Waals surface area contributed by atoms with Gasteiger partial charge in [0.1, 0.15) is 6.54 Å². The molecular formula is C9H13BrN4O. The maximum absolute atomic E-state index is 11.5. The van der Waals surface area contributed by atoms with Crippen LogP contribution in [-0.2, 0) is 11.3 Å². The van der Waals surface area contributed by atoms with E-state index in [9.17, 15) is 4.79 Å². The molecule has 1 fully saturated rings. The van der Waals surface area contributed by atoms with Gasteiger partial charge in [0.25, 0.3) is 0 Å². The SMILES string of the molecule is O=C(Cn1cc(Br)cn1)NCC1CNC1. The summed E-state index contributed by atoms with van der Waals surface area (Å²) in [6, 6.07) is 0. The summed E-state index contributed by atoms with van der Waals surface area (Å²) in [5, 5.41) is 10.1. The molecule has 0 unspecified atom stereocenters. The first-order chi connectivity index (χ1) is 7.24. The number of rotatable bonds is 4. The largest absolute Gasteiger partial charge is 0.354 e. The van der Waals surface area contributed by atoms with E-state index >= 15 is 0 Å². The highest BCUT2D eigenvalue weighted by molar-refractivity contribution is 9.10. The lowest BCUT2D eigenvalue weighted by Gasteiger charge is -2.27. The van der Waals surface area contributed by atoms with Crippen LogP contribution in [0.4, 0.5) is 0 Å². The van der Waals surface area contributed by atoms with Crippen LogP contribution in [-0.4, -0.2) is 35.3 Å². The lowest BCUT2D eigenvalue weighted by Crippen LogP contribution is -2.48. The predicted octanol–water partition coefficient (Wildman–Crippen LogP) is -0.0188. The van der Waals surface area contributed by atoms with E-state index < -0.39 is 0 Å². The number of carbonyl (C=O) groups excluding carboxylic acids is 1. The topological polar surface area (TPSA) is 59.0 Å². The zero-order valence-electron chi connectivity index (χ0n) is 8.24. The molecule has 1 amide bonds. The molecule has 82 valence electrons. The molecule has 1 saturated heterocycles. The van der Waals surface area contributed by atoms with Gasteiger partial charge in [0.15, 0.2) is 0 Å². The van der Waals surface area contributed by atoms with Gasteiger partial charge in [-0.25, -0.2) is 0 Å². The Kier molecular flexibility index (Phi) is 3.37. The lowest BCUT2D eigenvalue weighted by molar-refractivity contribution is -0.122. The molecule has 2 heterocycles. The monoisotopic (exact) mass is 272 g/mol. The van der Waals surface area contributed by atoms with E-state index in [1.165, 1.54) is 0 Å². The maximum atomic E-state index is 11.5. The van der Waals surface area contributed by atoms with Crippen LogP contribution in [0.2, 0.25) is 0 Å². The smallest absolute Gasteiger partial charge is 0.241 e. The van der Waals surface area contributed by atoms with Crippen molar-refractivity contribution in [2.45, 2.75) is 6.54 Å². The fraction of sp³-hybridized carbons (Fsp3) is 0.556. The summed E-state index contributed by atoms with van der Waals surface area (Å²) >= 11 is 3.28. The molecule has 1 aromatic heterocycles. The molecule has 15 heavy (non-hydrogen) atoms. The second kappa shape index (κ2) is 4.76. The van der Waals surface area contributed by atoms with E-state index in [1.54, 1.807) is 17.1 Å². The second-order valence-electron chi connectivity index (χ2n) is 3.68. The van der Waals surface area contributed by atoms with Crippen LogP contribution >= 0.6 is 15.9 Å². The summed E-state index contributed by atoms with van der Waals surface area (Å²) in [4.78, 5) is 11.5. The molecule has 0 aromatic carbocycles. The first-order valence-electron chi connectivity index (χ1n) is 4.89. The van der Waals surface area contributed by atoms with Crippen molar-refractivity contribution in [3.05, 3.63) is 16.9 Å². The zero-order chi connectivity index (χ0) is 10.7. The summed E-state index contributed by atoms with van der Waals surface area (Å²) in [5.41, 5.74) is 0. The Morgan fingerprint density at radius 2 is 2.53 bits per heavy atom. The standard InChI is InChI=1S/C9H13BrN4O/c10-8-4-13-14(5-8)6-9(15)12-3-7-1-11-2-7/h4-5,7,11H,1-3,6H2,(H,12,15). The van der Waals surface area contributed by atoms with Crippen molar-refractivity contribution in [1.82, 2.24) is 20.4 Å². The van der Waals surface area contributed by atoms with Gasteiger partial charge in [0.05, 0.1) is 10.7 Å². The quantitative estimate of drug-likeness (QED) is 0.810. The molecule has 1 aliphatic heterocycles. The molecule has 1 aromatic rings. The third-order valence-electron chi connectivity index (χ3n) is 2.36. The van der Waals surface area contributed by atoms with Gasteiger partial charge < -0.3 is 10.6 Å². The average molecular weight is 273 g/mol. The van der Waals surface area contributed by atoms with Crippen LogP contribution in [0.15, 0.2) is 16.9 Å². The third kappa shape index (κ3) is 3.04. The number of aromatic nitrogens is 2. The molecule has 0 radical (unpaired) electrons. The number of halogens is 1. The van der Waals surface area contributed by atoms with Crippen LogP contribution < -0.4 is 10.6 Å². The fourth-order valence-electron chi connectivity index (χ4n) is 1.38. The highest BCUT2D eigenvalue weighted by Crippen LogP contribution is 2.05. The molecule has 0 aliphatic carbocycles. The van der Waals surface area contributed by atoms with E-state index in [-0.39, 0.29) is 12.5 Å². The van der Waals surface area contributed by atoms with Crippen molar-refractivity contribution in [1.29, 1.82) is 0 Å². The maximum Gasteiger partial charge on any atom is 0.241 e. The van der Waals surface area contributed by atoms with Crippen LogP contribution in [0.5, 0.6) is 0 Å². The van der Waals surface area contributed by atoms with E-state index in [4.69, 9.17) is 0 Å². The van der Waals surface area contributed by atoms with Crippen molar-refractivity contribution in [2.24, 2.45) is 5.92 Å². The second-order valence-corrected chi connectivity index (χ2v) is 4.60. The van der Waals surface area contributed by atoms with Crippen LogP contribution in [0, 0.1) is 5.92 Å². The molecule has 5 nitrogen and oxygen atoms in total. The highest BCUT2D eigenvalue weighted by atomic mass is 79.9. The molecule has 2 rings (SSSR count). The average Bonchev–Trinajstić information content (AvgIpc) is 2.48. The van der Waals surface area contributed by atoms with Crippen molar-refractivity contribution < 1.29 is 4.79 Å². The molecule has 0 bridgehead atoms.